The molecule has 0 bridgehead atoms. The van der Waals surface area contributed by atoms with Crippen LogP contribution in [0.2, 0.25) is 0 Å². The number of hydrogen-bond donors (Lipinski definition) is 1. The minimum atomic E-state index is -0.250. The fraction of sp³-hybridized carbons (Fsp3) is 0.0588. The molecule has 0 radical (unpaired) electrons. The quantitative estimate of drug-likeness (QED) is 0.556. The summed E-state index contributed by atoms with van der Waals surface area (Å²) in [6.07, 6.45) is 0. The number of hydrogen-bond acceptors (Lipinski definition) is 4. The van der Waals surface area contributed by atoms with Gasteiger partial charge in [0.25, 0.3) is 0 Å². The van der Waals surface area contributed by atoms with E-state index in [9.17, 15) is 4.39 Å². The third-order valence-electron chi connectivity index (χ3n) is 3.15. The molecule has 0 amide bonds. The van der Waals surface area contributed by atoms with E-state index >= 15 is 0 Å². The van der Waals surface area contributed by atoms with Crippen molar-refractivity contribution in [3.8, 4) is 11.3 Å². The molecule has 2 aromatic carbocycles. The third-order valence-corrected chi connectivity index (χ3v) is 3.90. The molecule has 0 atom stereocenters. The van der Waals surface area contributed by atoms with Gasteiger partial charge >= 0.3 is 0 Å². The number of nitrogens with one attached hydrogen (secondary N) is 1. The Morgan fingerprint density at radius 1 is 1.09 bits per heavy atom. The van der Waals surface area contributed by atoms with Gasteiger partial charge in [-0.15, -0.1) is 11.3 Å². The van der Waals surface area contributed by atoms with Crippen LogP contribution in [0.4, 0.5) is 9.52 Å². The van der Waals surface area contributed by atoms with Gasteiger partial charge in [-0.05, 0) is 36.8 Å². The zero-order valence-electron chi connectivity index (χ0n) is 12.0. The number of rotatable bonds is 4. The lowest BCUT2D eigenvalue weighted by atomic mass is 10.1. The van der Waals surface area contributed by atoms with Crippen LogP contribution in [0.3, 0.4) is 0 Å². The Kier molecular flexibility index (Phi) is 4.25. The van der Waals surface area contributed by atoms with Gasteiger partial charge in [0.2, 0.25) is 5.13 Å². The van der Waals surface area contributed by atoms with Crippen molar-refractivity contribution < 1.29 is 4.39 Å². The molecule has 0 saturated heterocycles. The Balaban J connectivity index is 1.73. The van der Waals surface area contributed by atoms with Crippen molar-refractivity contribution in [1.29, 1.82) is 0 Å². The predicted molar refractivity (Wildman–Crippen MR) is 89.8 cm³/mol. The van der Waals surface area contributed by atoms with Crippen LogP contribution in [-0.2, 0) is 0 Å². The molecule has 1 N–H and O–H groups in total. The lowest BCUT2D eigenvalue weighted by Crippen LogP contribution is -1.99. The molecule has 22 heavy (non-hydrogen) atoms. The number of hydrazone groups is 1. The first kappa shape index (κ1) is 14.4. The molecule has 0 unspecified atom stereocenters. The molecule has 3 aromatic rings. The topological polar surface area (TPSA) is 37.3 Å². The second-order valence-corrected chi connectivity index (χ2v) is 5.58. The van der Waals surface area contributed by atoms with Crippen molar-refractivity contribution in [1.82, 2.24) is 4.98 Å². The van der Waals surface area contributed by atoms with E-state index in [1.165, 1.54) is 23.5 Å². The van der Waals surface area contributed by atoms with Crippen molar-refractivity contribution in [3.05, 3.63) is 71.4 Å². The van der Waals surface area contributed by atoms with Crippen LogP contribution in [-0.4, -0.2) is 10.7 Å². The average Bonchev–Trinajstić information content (AvgIpc) is 3.03. The molecule has 0 aliphatic heterocycles. The van der Waals surface area contributed by atoms with Gasteiger partial charge in [0, 0.05) is 10.9 Å². The summed E-state index contributed by atoms with van der Waals surface area (Å²) in [5.41, 5.74) is 6.60. The third kappa shape index (κ3) is 3.38. The van der Waals surface area contributed by atoms with Gasteiger partial charge in [-0.1, -0.05) is 30.3 Å². The summed E-state index contributed by atoms with van der Waals surface area (Å²) >= 11 is 1.46. The molecule has 5 heteroatoms. The Morgan fingerprint density at radius 3 is 2.55 bits per heavy atom. The Morgan fingerprint density at radius 2 is 1.82 bits per heavy atom. The monoisotopic (exact) mass is 311 g/mol. The van der Waals surface area contributed by atoms with E-state index in [0.717, 1.165) is 22.5 Å². The van der Waals surface area contributed by atoms with Gasteiger partial charge < -0.3 is 0 Å². The maximum atomic E-state index is 12.9. The van der Waals surface area contributed by atoms with E-state index in [-0.39, 0.29) is 5.82 Å². The first-order valence-corrected chi connectivity index (χ1v) is 7.67. The fourth-order valence-electron chi connectivity index (χ4n) is 1.95. The lowest BCUT2D eigenvalue weighted by Gasteiger charge is -2.00. The van der Waals surface area contributed by atoms with Crippen LogP contribution in [0.5, 0.6) is 0 Å². The Bertz CT molecular complexity index is 779. The van der Waals surface area contributed by atoms with Crippen molar-refractivity contribution in [2.45, 2.75) is 6.92 Å². The highest BCUT2D eigenvalue weighted by Crippen LogP contribution is 2.25. The summed E-state index contributed by atoms with van der Waals surface area (Å²) < 4.78 is 12.9. The maximum Gasteiger partial charge on any atom is 0.203 e. The number of aromatic nitrogens is 1. The molecule has 0 fully saturated rings. The minimum absolute atomic E-state index is 0.250. The van der Waals surface area contributed by atoms with Crippen LogP contribution in [0, 0.1) is 5.82 Å². The minimum Gasteiger partial charge on any atom is -0.252 e. The lowest BCUT2D eigenvalue weighted by molar-refractivity contribution is 0.628. The summed E-state index contributed by atoms with van der Waals surface area (Å²) in [4.78, 5) is 4.45. The van der Waals surface area contributed by atoms with Crippen LogP contribution < -0.4 is 5.43 Å². The Hall–Kier alpha value is -2.53. The summed E-state index contributed by atoms with van der Waals surface area (Å²) in [5, 5.41) is 6.96. The summed E-state index contributed by atoms with van der Waals surface area (Å²) in [5.74, 6) is -0.250. The number of halogens is 1. The summed E-state index contributed by atoms with van der Waals surface area (Å²) in [6, 6.07) is 16.2. The molecule has 0 aliphatic carbocycles. The predicted octanol–water partition coefficient (Wildman–Crippen LogP) is 4.79. The van der Waals surface area contributed by atoms with Gasteiger partial charge in [-0.3, -0.25) is 5.43 Å². The van der Waals surface area contributed by atoms with E-state index in [4.69, 9.17) is 0 Å². The van der Waals surface area contributed by atoms with Crippen molar-refractivity contribution >= 4 is 22.2 Å². The van der Waals surface area contributed by atoms with Crippen molar-refractivity contribution in [2.24, 2.45) is 5.10 Å². The van der Waals surface area contributed by atoms with Gasteiger partial charge in [-0.2, -0.15) is 5.10 Å². The second-order valence-electron chi connectivity index (χ2n) is 4.72. The first-order chi connectivity index (χ1) is 10.7. The normalized spacial score (nSPS) is 11.5. The number of benzene rings is 2. The highest BCUT2D eigenvalue weighted by molar-refractivity contribution is 7.14. The molecular weight excluding hydrogens is 297 g/mol. The number of thiazole rings is 1. The van der Waals surface area contributed by atoms with E-state index in [1.807, 2.05) is 42.6 Å². The average molecular weight is 311 g/mol. The second kappa shape index (κ2) is 6.49. The standard InChI is InChI=1S/C17H14FN3S/c1-12(13-5-3-2-4-6-13)20-21-17-19-16(11-22-17)14-7-9-15(18)10-8-14/h2-11H,1H3,(H,19,21)/b20-12+. The molecular formula is C17H14FN3S. The molecule has 3 rings (SSSR count). The van der Waals surface area contributed by atoms with Crippen molar-refractivity contribution in [3.63, 3.8) is 0 Å². The van der Waals surface area contributed by atoms with E-state index in [0.29, 0.717) is 5.13 Å². The van der Waals surface area contributed by atoms with Crippen LogP contribution in [0.1, 0.15) is 12.5 Å². The molecule has 1 heterocycles. The Labute approximate surface area is 132 Å². The van der Waals surface area contributed by atoms with Gasteiger partial charge in [0.15, 0.2) is 0 Å². The zero-order chi connectivity index (χ0) is 15.4. The van der Waals surface area contributed by atoms with E-state index < -0.39 is 0 Å². The molecule has 1 aromatic heterocycles. The zero-order valence-corrected chi connectivity index (χ0v) is 12.8. The van der Waals surface area contributed by atoms with Crippen LogP contribution in [0.15, 0.2) is 65.1 Å². The smallest absolute Gasteiger partial charge is 0.203 e. The van der Waals surface area contributed by atoms with Crippen LogP contribution >= 0.6 is 11.3 Å². The van der Waals surface area contributed by atoms with Gasteiger partial charge in [-0.25, -0.2) is 9.37 Å². The number of nitrogens with zero attached hydrogens (tertiary/aromatic N) is 2. The van der Waals surface area contributed by atoms with Gasteiger partial charge in [0.1, 0.15) is 5.82 Å². The van der Waals surface area contributed by atoms with Gasteiger partial charge in [0.05, 0.1) is 11.4 Å². The highest BCUT2D eigenvalue weighted by atomic mass is 32.1. The molecule has 0 saturated carbocycles. The van der Waals surface area contributed by atoms with E-state index in [1.54, 1.807) is 12.1 Å². The largest absolute Gasteiger partial charge is 0.252 e. The molecule has 0 spiro atoms. The molecule has 3 nitrogen and oxygen atoms in total. The fourth-order valence-corrected chi connectivity index (χ4v) is 2.62. The van der Waals surface area contributed by atoms with E-state index in [2.05, 4.69) is 15.5 Å². The molecule has 110 valence electrons. The van der Waals surface area contributed by atoms with Crippen LogP contribution in [0.25, 0.3) is 11.3 Å². The SMILES string of the molecule is C/C(=N\Nc1nc(-c2ccc(F)cc2)cs1)c1ccccc1. The first-order valence-electron chi connectivity index (χ1n) is 6.79. The van der Waals surface area contributed by atoms with Crippen molar-refractivity contribution in [2.75, 3.05) is 5.43 Å². The highest BCUT2D eigenvalue weighted by Gasteiger charge is 2.04. The summed E-state index contributed by atoms with van der Waals surface area (Å²) in [6.45, 7) is 1.94. The maximum absolute atomic E-state index is 12.9. The number of anilines is 1. The molecule has 0 aliphatic rings. The summed E-state index contributed by atoms with van der Waals surface area (Å²) in [7, 11) is 0.